The first-order valence-electron chi connectivity index (χ1n) is 7.20. The van der Waals surface area contributed by atoms with Crippen LogP contribution in [0.1, 0.15) is 38.8 Å². The zero-order valence-electron chi connectivity index (χ0n) is 11.9. The molecule has 1 aromatic heterocycles. The maximum Gasteiger partial charge on any atom is 0.223 e. The molecule has 1 aliphatic heterocycles. The number of hydrogen-bond donors (Lipinski definition) is 1. The molecule has 1 saturated heterocycles. The molecule has 0 saturated carbocycles. The Kier molecular flexibility index (Phi) is 4.77. The van der Waals surface area contributed by atoms with E-state index in [0.29, 0.717) is 18.9 Å². The molecule has 1 N–H and O–H groups in total. The number of rotatable bonds is 6. The fourth-order valence-corrected chi connectivity index (χ4v) is 2.65. The number of amides is 1. The fraction of sp³-hybridized carbons (Fsp3) is 0.600. The van der Waals surface area contributed by atoms with Crippen molar-refractivity contribution in [2.45, 2.75) is 39.7 Å². The predicted octanol–water partition coefficient (Wildman–Crippen LogP) is 2.66. The highest BCUT2D eigenvalue weighted by molar-refractivity contribution is 5.78. The Labute approximate surface area is 115 Å². The minimum atomic E-state index is 0.272. The molecule has 0 spiro atoms. The summed E-state index contributed by atoms with van der Waals surface area (Å²) in [4.78, 5) is 18.4. The topological polar surface area (TPSA) is 45.2 Å². The van der Waals surface area contributed by atoms with E-state index in [1.54, 1.807) is 0 Å². The number of aromatic nitrogens is 1. The number of anilines is 1. The van der Waals surface area contributed by atoms with Gasteiger partial charge in [-0.15, -0.1) is 0 Å². The highest BCUT2D eigenvalue weighted by Crippen LogP contribution is 2.23. The van der Waals surface area contributed by atoms with Gasteiger partial charge in [-0.1, -0.05) is 19.4 Å². The van der Waals surface area contributed by atoms with Crippen molar-refractivity contribution in [2.75, 3.05) is 18.4 Å². The Balaban J connectivity index is 1.97. The molecule has 0 radical (unpaired) electrons. The molecule has 4 heteroatoms. The van der Waals surface area contributed by atoms with E-state index in [9.17, 15) is 4.79 Å². The Morgan fingerprint density at radius 2 is 2.26 bits per heavy atom. The van der Waals surface area contributed by atoms with Crippen molar-refractivity contribution < 1.29 is 4.79 Å². The maximum atomic E-state index is 12.0. The first-order chi connectivity index (χ1) is 9.22. The molecule has 1 atom stereocenters. The molecule has 2 rings (SSSR count). The van der Waals surface area contributed by atoms with Gasteiger partial charge < -0.3 is 10.2 Å². The zero-order chi connectivity index (χ0) is 13.7. The summed E-state index contributed by atoms with van der Waals surface area (Å²) in [5.41, 5.74) is 0.962. The smallest absolute Gasteiger partial charge is 0.223 e. The summed E-state index contributed by atoms with van der Waals surface area (Å²) in [5, 5.41) is 3.20. The van der Waals surface area contributed by atoms with Gasteiger partial charge in [0.15, 0.2) is 0 Å². The van der Waals surface area contributed by atoms with Crippen LogP contribution in [-0.2, 0) is 11.3 Å². The SMILES string of the molecule is CCCC1CC(=O)N(Cc2cccc(NCC)n2)C1. The first kappa shape index (κ1) is 13.8. The van der Waals surface area contributed by atoms with E-state index in [1.165, 1.54) is 0 Å². The second-order valence-electron chi connectivity index (χ2n) is 5.18. The number of hydrogen-bond acceptors (Lipinski definition) is 3. The molecule has 104 valence electrons. The van der Waals surface area contributed by atoms with E-state index in [4.69, 9.17) is 0 Å². The predicted molar refractivity (Wildman–Crippen MR) is 76.8 cm³/mol. The van der Waals surface area contributed by atoms with Gasteiger partial charge in [-0.05, 0) is 31.4 Å². The van der Waals surface area contributed by atoms with E-state index in [0.717, 1.165) is 37.4 Å². The van der Waals surface area contributed by atoms with Gasteiger partial charge in [0.25, 0.3) is 0 Å². The number of nitrogens with one attached hydrogen (secondary N) is 1. The monoisotopic (exact) mass is 261 g/mol. The third-order valence-corrected chi connectivity index (χ3v) is 3.51. The zero-order valence-corrected chi connectivity index (χ0v) is 11.9. The molecule has 0 aliphatic carbocycles. The van der Waals surface area contributed by atoms with E-state index < -0.39 is 0 Å². The van der Waals surface area contributed by atoms with Gasteiger partial charge in [0.1, 0.15) is 5.82 Å². The molecule has 0 bridgehead atoms. The summed E-state index contributed by atoms with van der Waals surface area (Å²) >= 11 is 0. The van der Waals surface area contributed by atoms with Crippen molar-refractivity contribution in [1.29, 1.82) is 0 Å². The third kappa shape index (κ3) is 3.69. The van der Waals surface area contributed by atoms with Gasteiger partial charge in [-0.25, -0.2) is 4.98 Å². The Bertz CT molecular complexity index is 433. The lowest BCUT2D eigenvalue weighted by molar-refractivity contribution is -0.128. The Morgan fingerprint density at radius 1 is 1.42 bits per heavy atom. The van der Waals surface area contributed by atoms with E-state index in [2.05, 4.69) is 17.2 Å². The van der Waals surface area contributed by atoms with Gasteiger partial charge >= 0.3 is 0 Å². The van der Waals surface area contributed by atoms with Crippen LogP contribution in [0.15, 0.2) is 18.2 Å². The van der Waals surface area contributed by atoms with Crippen LogP contribution in [0, 0.1) is 5.92 Å². The molecule has 1 aliphatic rings. The summed E-state index contributed by atoms with van der Waals surface area (Å²) in [7, 11) is 0. The van der Waals surface area contributed by atoms with Crippen LogP contribution >= 0.6 is 0 Å². The van der Waals surface area contributed by atoms with Crippen molar-refractivity contribution >= 4 is 11.7 Å². The van der Waals surface area contributed by atoms with Gasteiger partial charge in [0.2, 0.25) is 5.91 Å². The largest absolute Gasteiger partial charge is 0.370 e. The van der Waals surface area contributed by atoms with Crippen LogP contribution in [0.2, 0.25) is 0 Å². The lowest BCUT2D eigenvalue weighted by Crippen LogP contribution is -2.25. The maximum absolute atomic E-state index is 12.0. The number of carbonyl (C=O) groups excluding carboxylic acids is 1. The van der Waals surface area contributed by atoms with Gasteiger partial charge in [-0.2, -0.15) is 0 Å². The second kappa shape index (κ2) is 6.55. The van der Waals surface area contributed by atoms with Crippen LogP contribution in [-0.4, -0.2) is 28.9 Å². The van der Waals surface area contributed by atoms with Crippen molar-refractivity contribution in [2.24, 2.45) is 5.92 Å². The normalized spacial score (nSPS) is 18.9. The summed E-state index contributed by atoms with van der Waals surface area (Å²) < 4.78 is 0. The van der Waals surface area contributed by atoms with Crippen LogP contribution in [0.3, 0.4) is 0 Å². The summed E-state index contributed by atoms with van der Waals surface area (Å²) in [6, 6.07) is 5.93. The molecule has 1 amide bonds. The molecule has 1 aromatic rings. The average molecular weight is 261 g/mol. The Hall–Kier alpha value is -1.58. The van der Waals surface area contributed by atoms with Crippen molar-refractivity contribution in [3.63, 3.8) is 0 Å². The molecule has 4 nitrogen and oxygen atoms in total. The molecule has 2 heterocycles. The molecular weight excluding hydrogens is 238 g/mol. The third-order valence-electron chi connectivity index (χ3n) is 3.51. The first-order valence-corrected chi connectivity index (χ1v) is 7.20. The molecular formula is C15H23N3O. The average Bonchev–Trinajstić information content (AvgIpc) is 2.71. The molecule has 19 heavy (non-hydrogen) atoms. The quantitative estimate of drug-likeness (QED) is 0.856. The van der Waals surface area contributed by atoms with Crippen LogP contribution in [0.4, 0.5) is 5.82 Å². The summed E-state index contributed by atoms with van der Waals surface area (Å²) in [5.74, 6) is 1.69. The van der Waals surface area contributed by atoms with Gasteiger partial charge in [0, 0.05) is 19.5 Å². The lowest BCUT2D eigenvalue weighted by atomic mass is 10.0. The molecule has 1 unspecified atom stereocenters. The van der Waals surface area contributed by atoms with Crippen molar-refractivity contribution in [3.05, 3.63) is 23.9 Å². The molecule has 1 fully saturated rings. The van der Waals surface area contributed by atoms with Crippen LogP contribution in [0.5, 0.6) is 0 Å². The molecule has 0 aromatic carbocycles. The highest BCUT2D eigenvalue weighted by atomic mass is 16.2. The highest BCUT2D eigenvalue weighted by Gasteiger charge is 2.28. The van der Waals surface area contributed by atoms with Gasteiger partial charge in [0.05, 0.1) is 12.2 Å². The van der Waals surface area contributed by atoms with Crippen LogP contribution < -0.4 is 5.32 Å². The standard InChI is InChI=1S/C15H23N3O/c1-3-6-12-9-15(19)18(10-12)11-13-7-5-8-14(17-13)16-4-2/h5,7-8,12H,3-4,6,9-11H2,1-2H3,(H,16,17). The fourth-order valence-electron chi connectivity index (χ4n) is 2.65. The van der Waals surface area contributed by atoms with Crippen LogP contribution in [0.25, 0.3) is 0 Å². The Morgan fingerprint density at radius 3 is 3.00 bits per heavy atom. The summed E-state index contributed by atoms with van der Waals surface area (Å²) in [6.45, 7) is 6.61. The number of carbonyl (C=O) groups is 1. The van der Waals surface area contributed by atoms with E-state index >= 15 is 0 Å². The van der Waals surface area contributed by atoms with E-state index in [1.807, 2.05) is 30.0 Å². The minimum absolute atomic E-state index is 0.272. The van der Waals surface area contributed by atoms with Gasteiger partial charge in [-0.3, -0.25) is 4.79 Å². The number of pyridine rings is 1. The number of nitrogens with zero attached hydrogens (tertiary/aromatic N) is 2. The number of likely N-dealkylation sites (tertiary alicyclic amines) is 1. The summed E-state index contributed by atoms with van der Waals surface area (Å²) in [6.07, 6.45) is 3.01. The minimum Gasteiger partial charge on any atom is -0.370 e. The van der Waals surface area contributed by atoms with Crippen molar-refractivity contribution in [1.82, 2.24) is 9.88 Å². The van der Waals surface area contributed by atoms with Crippen molar-refractivity contribution in [3.8, 4) is 0 Å². The lowest BCUT2D eigenvalue weighted by Gasteiger charge is -2.16. The van der Waals surface area contributed by atoms with E-state index in [-0.39, 0.29) is 5.91 Å². The second-order valence-corrected chi connectivity index (χ2v) is 5.18.